The number of benzene rings is 1. The van der Waals surface area contributed by atoms with E-state index in [2.05, 4.69) is 5.10 Å². The van der Waals surface area contributed by atoms with Crippen molar-refractivity contribution in [2.24, 2.45) is 7.05 Å². The molecule has 0 radical (unpaired) electrons. The summed E-state index contributed by atoms with van der Waals surface area (Å²) in [4.78, 5) is 11.9. The summed E-state index contributed by atoms with van der Waals surface area (Å²) in [6.07, 6.45) is 1.19. The summed E-state index contributed by atoms with van der Waals surface area (Å²) in [6.45, 7) is 2.09. The molecule has 1 aromatic carbocycles. The van der Waals surface area contributed by atoms with Gasteiger partial charge in [-0.15, -0.1) is 0 Å². The van der Waals surface area contributed by atoms with E-state index in [-0.39, 0.29) is 12.4 Å². The summed E-state index contributed by atoms with van der Waals surface area (Å²) in [5.41, 5.74) is 1.90. The quantitative estimate of drug-likeness (QED) is 0.822. The molecule has 0 saturated heterocycles. The molecule has 106 valence electrons. The van der Waals surface area contributed by atoms with E-state index in [1.54, 1.807) is 28.9 Å². The second-order valence-electron chi connectivity index (χ2n) is 4.56. The zero-order valence-corrected chi connectivity index (χ0v) is 12.4. The first-order valence-corrected chi connectivity index (χ1v) is 6.88. The number of aromatic nitrogens is 2. The molecule has 1 heterocycles. The van der Waals surface area contributed by atoms with Crippen LogP contribution in [0.1, 0.15) is 18.3 Å². The van der Waals surface area contributed by atoms with Crippen LogP contribution < -0.4 is 4.74 Å². The van der Waals surface area contributed by atoms with E-state index in [1.807, 2.05) is 20.0 Å². The first kappa shape index (κ1) is 14.6. The van der Waals surface area contributed by atoms with Crippen molar-refractivity contribution in [3.8, 4) is 5.75 Å². The van der Waals surface area contributed by atoms with Crippen molar-refractivity contribution < 1.29 is 9.53 Å². The van der Waals surface area contributed by atoms with Gasteiger partial charge in [-0.2, -0.15) is 5.10 Å². The van der Waals surface area contributed by atoms with Crippen LogP contribution in [0.15, 0.2) is 30.3 Å². The third-order valence-corrected chi connectivity index (χ3v) is 3.23. The first-order valence-electron chi connectivity index (χ1n) is 6.50. The van der Waals surface area contributed by atoms with Gasteiger partial charge in [-0.05, 0) is 36.8 Å². The smallest absolute Gasteiger partial charge is 0.176 e. The highest BCUT2D eigenvalue weighted by molar-refractivity contribution is 6.30. The number of carbonyl (C=O) groups excluding carboxylic acids is 1. The van der Waals surface area contributed by atoms with Crippen LogP contribution in [0.25, 0.3) is 0 Å². The summed E-state index contributed by atoms with van der Waals surface area (Å²) >= 11 is 5.78. The lowest BCUT2D eigenvalue weighted by atomic mass is 10.2. The predicted octanol–water partition coefficient (Wildman–Crippen LogP) is 2.83. The van der Waals surface area contributed by atoms with E-state index in [1.165, 1.54) is 0 Å². The number of ether oxygens (including phenoxy) is 1. The highest BCUT2D eigenvalue weighted by Gasteiger charge is 2.10. The summed E-state index contributed by atoms with van der Waals surface area (Å²) in [6, 6.07) is 8.91. The fourth-order valence-electron chi connectivity index (χ4n) is 1.86. The van der Waals surface area contributed by atoms with E-state index in [4.69, 9.17) is 16.3 Å². The Labute approximate surface area is 123 Å². The van der Waals surface area contributed by atoms with Crippen LogP contribution in [-0.2, 0) is 24.7 Å². The number of Topliss-reactive ketones (excluding diaryl/α,β-unsaturated/α-hetero) is 1. The van der Waals surface area contributed by atoms with Gasteiger partial charge in [0.05, 0.1) is 12.1 Å². The van der Waals surface area contributed by atoms with E-state index in [0.29, 0.717) is 17.2 Å². The summed E-state index contributed by atoms with van der Waals surface area (Å²) in [5, 5.41) is 4.96. The molecule has 0 bridgehead atoms. The molecule has 0 aliphatic heterocycles. The number of hydrogen-bond acceptors (Lipinski definition) is 3. The van der Waals surface area contributed by atoms with Gasteiger partial charge >= 0.3 is 0 Å². The number of aryl methyl sites for hydroxylation is 2. The van der Waals surface area contributed by atoms with Gasteiger partial charge in [-0.3, -0.25) is 9.48 Å². The van der Waals surface area contributed by atoms with E-state index >= 15 is 0 Å². The molecule has 0 N–H and O–H groups in total. The maximum absolute atomic E-state index is 11.9. The van der Waals surface area contributed by atoms with Gasteiger partial charge in [0, 0.05) is 17.8 Å². The van der Waals surface area contributed by atoms with Crippen molar-refractivity contribution >= 4 is 17.4 Å². The third kappa shape index (κ3) is 3.84. The molecule has 20 heavy (non-hydrogen) atoms. The summed E-state index contributed by atoms with van der Waals surface area (Å²) in [5.74, 6) is 0.660. The van der Waals surface area contributed by atoms with Crippen LogP contribution in [0.4, 0.5) is 0 Å². The van der Waals surface area contributed by atoms with Gasteiger partial charge in [-0.25, -0.2) is 0 Å². The van der Waals surface area contributed by atoms with E-state index in [0.717, 1.165) is 17.8 Å². The Bertz CT molecular complexity index is 590. The molecular formula is C15H17ClN2O2. The molecule has 2 aromatic rings. The zero-order valence-electron chi connectivity index (χ0n) is 11.6. The molecule has 0 fully saturated rings. The summed E-state index contributed by atoms with van der Waals surface area (Å²) in [7, 11) is 1.85. The minimum Gasteiger partial charge on any atom is -0.486 e. The van der Waals surface area contributed by atoms with Crippen LogP contribution >= 0.6 is 11.6 Å². The topological polar surface area (TPSA) is 44.1 Å². The molecule has 4 nitrogen and oxygen atoms in total. The Morgan fingerprint density at radius 2 is 2.05 bits per heavy atom. The second-order valence-corrected chi connectivity index (χ2v) is 5.00. The van der Waals surface area contributed by atoms with Crippen molar-refractivity contribution in [2.75, 3.05) is 6.61 Å². The number of rotatable bonds is 6. The van der Waals surface area contributed by atoms with Crippen molar-refractivity contribution in [2.45, 2.75) is 19.8 Å². The molecule has 0 amide bonds. The maximum atomic E-state index is 11.9. The average Bonchev–Trinajstić information content (AvgIpc) is 2.79. The third-order valence-electron chi connectivity index (χ3n) is 2.98. The molecule has 2 rings (SSSR count). The standard InChI is InChI=1S/C15H17ClN2O2/c1-3-12-8-13(18(2)17-12)9-14(19)10-20-15-6-4-11(16)5-7-15/h4-8H,3,9-10H2,1-2H3. The molecule has 0 spiro atoms. The Morgan fingerprint density at radius 3 is 2.65 bits per heavy atom. The van der Waals surface area contributed by atoms with Crippen LogP contribution in [0.2, 0.25) is 5.02 Å². The number of nitrogens with zero attached hydrogens (tertiary/aromatic N) is 2. The van der Waals surface area contributed by atoms with Gasteiger partial charge in [0.25, 0.3) is 0 Å². The monoisotopic (exact) mass is 292 g/mol. The number of ketones is 1. The Hall–Kier alpha value is -1.81. The highest BCUT2D eigenvalue weighted by Crippen LogP contribution is 2.15. The highest BCUT2D eigenvalue weighted by atomic mass is 35.5. The number of carbonyl (C=O) groups is 1. The van der Waals surface area contributed by atoms with Crippen molar-refractivity contribution in [1.82, 2.24) is 9.78 Å². The molecule has 1 aromatic heterocycles. The molecule has 5 heteroatoms. The normalized spacial score (nSPS) is 10.6. The van der Waals surface area contributed by atoms with Crippen LogP contribution in [0.3, 0.4) is 0 Å². The van der Waals surface area contributed by atoms with E-state index < -0.39 is 0 Å². The van der Waals surface area contributed by atoms with Crippen molar-refractivity contribution in [1.29, 1.82) is 0 Å². The van der Waals surface area contributed by atoms with Gasteiger partial charge in [-0.1, -0.05) is 18.5 Å². The molecular weight excluding hydrogens is 276 g/mol. The summed E-state index contributed by atoms with van der Waals surface area (Å²) < 4.78 is 7.18. The van der Waals surface area contributed by atoms with Gasteiger partial charge in [0.1, 0.15) is 12.4 Å². The Balaban J connectivity index is 1.89. The molecule has 0 aliphatic rings. The largest absolute Gasteiger partial charge is 0.486 e. The Morgan fingerprint density at radius 1 is 1.35 bits per heavy atom. The van der Waals surface area contributed by atoms with Crippen LogP contribution in [-0.4, -0.2) is 22.2 Å². The van der Waals surface area contributed by atoms with Crippen molar-refractivity contribution in [3.63, 3.8) is 0 Å². The second kappa shape index (κ2) is 6.57. The van der Waals surface area contributed by atoms with Gasteiger partial charge < -0.3 is 4.74 Å². The number of hydrogen-bond donors (Lipinski definition) is 0. The Kier molecular flexibility index (Phi) is 4.79. The lowest BCUT2D eigenvalue weighted by Gasteiger charge is -2.05. The predicted molar refractivity (Wildman–Crippen MR) is 78.2 cm³/mol. The van der Waals surface area contributed by atoms with Gasteiger partial charge in [0.15, 0.2) is 5.78 Å². The fourth-order valence-corrected chi connectivity index (χ4v) is 1.98. The first-order chi connectivity index (χ1) is 9.58. The average molecular weight is 293 g/mol. The van der Waals surface area contributed by atoms with Crippen LogP contribution in [0, 0.1) is 0 Å². The minimum atomic E-state index is 0.0191. The maximum Gasteiger partial charge on any atom is 0.176 e. The zero-order chi connectivity index (χ0) is 14.5. The fraction of sp³-hybridized carbons (Fsp3) is 0.333. The lowest BCUT2D eigenvalue weighted by molar-refractivity contribution is -0.120. The minimum absolute atomic E-state index is 0.0191. The van der Waals surface area contributed by atoms with E-state index in [9.17, 15) is 4.79 Å². The SMILES string of the molecule is CCc1cc(CC(=O)COc2ccc(Cl)cc2)n(C)n1. The number of halogens is 1. The van der Waals surface area contributed by atoms with Crippen LogP contribution in [0.5, 0.6) is 5.75 Å². The van der Waals surface area contributed by atoms with Gasteiger partial charge in [0.2, 0.25) is 0 Å². The molecule has 0 aliphatic carbocycles. The van der Waals surface area contributed by atoms with Crippen molar-refractivity contribution in [3.05, 3.63) is 46.7 Å². The lowest BCUT2D eigenvalue weighted by Crippen LogP contribution is -2.15. The molecule has 0 atom stereocenters. The molecule has 0 unspecified atom stereocenters. The molecule has 0 saturated carbocycles.